The molecular formula is C25H19ClN4O2. The van der Waals surface area contributed by atoms with Gasteiger partial charge in [-0.2, -0.15) is 4.68 Å². The van der Waals surface area contributed by atoms with E-state index in [2.05, 4.69) is 0 Å². The lowest BCUT2D eigenvalue weighted by molar-refractivity contribution is -0.118. The highest BCUT2D eigenvalue weighted by Gasteiger charge is 2.23. The summed E-state index contributed by atoms with van der Waals surface area (Å²) >= 11 is 6.16. The van der Waals surface area contributed by atoms with Crippen molar-refractivity contribution < 1.29 is 4.79 Å². The van der Waals surface area contributed by atoms with Crippen LogP contribution < -0.4 is 10.7 Å². The minimum absolute atomic E-state index is 0.196. The molecule has 3 aromatic carbocycles. The Morgan fingerprint density at radius 1 is 1.00 bits per heavy atom. The van der Waals surface area contributed by atoms with Crippen molar-refractivity contribution in [3.05, 3.63) is 101 Å². The Labute approximate surface area is 188 Å². The number of hydrogen-bond acceptors (Lipinski definition) is 3. The first-order valence-electron chi connectivity index (χ1n) is 10.3. The van der Waals surface area contributed by atoms with Crippen LogP contribution in [0.3, 0.4) is 0 Å². The molecule has 7 heteroatoms. The summed E-state index contributed by atoms with van der Waals surface area (Å²) in [6, 6.07) is 24.0. The Hall–Kier alpha value is -3.90. The maximum Gasteiger partial charge on any atom is 0.353 e. The first-order chi connectivity index (χ1) is 15.6. The van der Waals surface area contributed by atoms with E-state index in [4.69, 9.17) is 16.6 Å². The molecule has 5 aromatic rings. The molecule has 0 aliphatic rings. The third-order valence-corrected chi connectivity index (χ3v) is 5.56. The average molecular weight is 443 g/mol. The molecule has 2 aromatic heterocycles. The summed E-state index contributed by atoms with van der Waals surface area (Å²) in [7, 11) is 0. The van der Waals surface area contributed by atoms with E-state index in [0.29, 0.717) is 27.6 Å². The van der Waals surface area contributed by atoms with Gasteiger partial charge in [0.15, 0.2) is 5.65 Å². The zero-order chi connectivity index (χ0) is 22.2. The van der Waals surface area contributed by atoms with Crippen molar-refractivity contribution in [3.8, 4) is 11.3 Å². The standard InChI is InChI=1S/C25H19ClN4O2/c1-2-23(31)29(19-11-4-3-5-12-19)30-22-14-7-6-13-20(22)24-27-21(16-28(24)25(30)32)17-9-8-10-18(26)15-17/h3-16H,2H2,1H3. The number of imidazole rings is 1. The number of carbonyl (C=O) groups is 1. The predicted octanol–water partition coefficient (Wildman–Crippen LogP) is 5.18. The molecule has 0 aliphatic heterocycles. The predicted molar refractivity (Wildman–Crippen MR) is 127 cm³/mol. The molecule has 5 rings (SSSR count). The van der Waals surface area contributed by atoms with Crippen LogP contribution in [0.15, 0.2) is 89.9 Å². The minimum Gasteiger partial charge on any atom is -0.273 e. The SMILES string of the molecule is CCC(=O)N(c1ccccc1)n1c(=O)n2cc(-c3cccc(Cl)c3)nc2c2ccccc21. The van der Waals surface area contributed by atoms with Gasteiger partial charge in [-0.3, -0.25) is 4.79 Å². The Balaban J connectivity index is 1.86. The van der Waals surface area contributed by atoms with E-state index in [1.807, 2.05) is 66.7 Å². The molecule has 32 heavy (non-hydrogen) atoms. The molecule has 0 saturated heterocycles. The van der Waals surface area contributed by atoms with E-state index < -0.39 is 0 Å². The normalized spacial score (nSPS) is 11.2. The van der Waals surface area contributed by atoms with Crippen molar-refractivity contribution in [1.82, 2.24) is 14.1 Å². The van der Waals surface area contributed by atoms with Crippen molar-refractivity contribution in [2.24, 2.45) is 0 Å². The highest BCUT2D eigenvalue weighted by molar-refractivity contribution is 6.30. The van der Waals surface area contributed by atoms with Crippen molar-refractivity contribution in [1.29, 1.82) is 0 Å². The molecule has 0 saturated carbocycles. The van der Waals surface area contributed by atoms with Crippen LogP contribution in [0.25, 0.3) is 27.8 Å². The Bertz CT molecular complexity index is 1520. The van der Waals surface area contributed by atoms with E-state index in [9.17, 15) is 9.59 Å². The number of halogens is 1. The zero-order valence-electron chi connectivity index (χ0n) is 17.3. The summed E-state index contributed by atoms with van der Waals surface area (Å²) in [6.45, 7) is 1.78. The molecule has 158 valence electrons. The summed E-state index contributed by atoms with van der Waals surface area (Å²) in [5.74, 6) is -0.196. The van der Waals surface area contributed by atoms with E-state index in [1.54, 1.807) is 25.3 Å². The van der Waals surface area contributed by atoms with Crippen molar-refractivity contribution in [2.75, 3.05) is 5.01 Å². The van der Waals surface area contributed by atoms with Gasteiger partial charge in [0.25, 0.3) is 0 Å². The van der Waals surface area contributed by atoms with Crippen LogP contribution in [0.2, 0.25) is 5.02 Å². The summed E-state index contributed by atoms with van der Waals surface area (Å²) in [4.78, 5) is 31.5. The number of benzene rings is 3. The van der Waals surface area contributed by atoms with Gasteiger partial charge in [-0.1, -0.05) is 61.0 Å². The van der Waals surface area contributed by atoms with Gasteiger partial charge < -0.3 is 0 Å². The summed E-state index contributed by atoms with van der Waals surface area (Å²) in [6.07, 6.45) is 1.93. The smallest absolute Gasteiger partial charge is 0.273 e. The second kappa shape index (κ2) is 7.98. The highest BCUT2D eigenvalue weighted by atomic mass is 35.5. The summed E-state index contributed by atoms with van der Waals surface area (Å²) in [5, 5.41) is 2.78. The highest BCUT2D eigenvalue weighted by Crippen LogP contribution is 2.26. The van der Waals surface area contributed by atoms with Gasteiger partial charge in [0.05, 0.1) is 16.9 Å². The van der Waals surface area contributed by atoms with Crippen molar-refractivity contribution in [3.63, 3.8) is 0 Å². The van der Waals surface area contributed by atoms with Crippen LogP contribution >= 0.6 is 11.6 Å². The topological polar surface area (TPSA) is 59.6 Å². The van der Waals surface area contributed by atoms with Gasteiger partial charge in [-0.15, -0.1) is 0 Å². The number of para-hydroxylation sites is 2. The van der Waals surface area contributed by atoms with Gasteiger partial charge in [-0.25, -0.2) is 19.2 Å². The van der Waals surface area contributed by atoms with E-state index in [-0.39, 0.29) is 18.0 Å². The number of hydrogen-bond donors (Lipinski definition) is 0. The molecule has 0 N–H and O–H groups in total. The number of carbonyl (C=O) groups excluding carboxylic acids is 1. The van der Waals surface area contributed by atoms with Crippen LogP contribution in [0, 0.1) is 0 Å². The quantitative estimate of drug-likeness (QED) is 0.385. The third kappa shape index (κ3) is 3.25. The van der Waals surface area contributed by atoms with Gasteiger partial charge >= 0.3 is 5.69 Å². The third-order valence-electron chi connectivity index (χ3n) is 5.33. The van der Waals surface area contributed by atoms with Crippen LogP contribution in [-0.4, -0.2) is 20.0 Å². The minimum atomic E-state index is -0.384. The molecule has 6 nitrogen and oxygen atoms in total. The zero-order valence-corrected chi connectivity index (χ0v) is 18.0. The van der Waals surface area contributed by atoms with Crippen molar-refractivity contribution in [2.45, 2.75) is 13.3 Å². The van der Waals surface area contributed by atoms with Gasteiger partial charge in [0, 0.05) is 28.6 Å². The van der Waals surface area contributed by atoms with E-state index >= 15 is 0 Å². The van der Waals surface area contributed by atoms with Crippen LogP contribution in [-0.2, 0) is 4.79 Å². The Kier molecular flexibility index (Phi) is 4.99. The molecule has 0 spiro atoms. The fourth-order valence-corrected chi connectivity index (χ4v) is 4.03. The Morgan fingerprint density at radius 2 is 1.75 bits per heavy atom. The second-order valence-corrected chi connectivity index (χ2v) is 7.77. The monoisotopic (exact) mass is 442 g/mol. The van der Waals surface area contributed by atoms with Crippen LogP contribution in [0.4, 0.5) is 5.69 Å². The lowest BCUT2D eigenvalue weighted by Gasteiger charge is -2.25. The summed E-state index contributed by atoms with van der Waals surface area (Å²) in [5.41, 5.74) is 2.78. The average Bonchev–Trinajstić information content (AvgIpc) is 3.28. The van der Waals surface area contributed by atoms with E-state index in [0.717, 1.165) is 10.9 Å². The fraction of sp³-hybridized carbons (Fsp3) is 0.0800. The maximum absolute atomic E-state index is 13.8. The second-order valence-electron chi connectivity index (χ2n) is 7.34. The van der Waals surface area contributed by atoms with E-state index in [1.165, 1.54) is 14.1 Å². The summed E-state index contributed by atoms with van der Waals surface area (Å²) < 4.78 is 2.91. The first kappa shape index (κ1) is 20.0. The lowest BCUT2D eigenvalue weighted by Crippen LogP contribution is -2.44. The molecule has 0 fully saturated rings. The number of rotatable bonds is 4. The maximum atomic E-state index is 13.8. The van der Waals surface area contributed by atoms with Crippen molar-refractivity contribution >= 4 is 39.7 Å². The van der Waals surface area contributed by atoms with Crippen LogP contribution in [0.1, 0.15) is 13.3 Å². The molecule has 0 bridgehead atoms. The van der Waals surface area contributed by atoms with Gasteiger partial charge in [0.1, 0.15) is 0 Å². The van der Waals surface area contributed by atoms with Gasteiger partial charge in [0.2, 0.25) is 5.91 Å². The molecular weight excluding hydrogens is 424 g/mol. The first-order valence-corrected chi connectivity index (χ1v) is 10.6. The Morgan fingerprint density at radius 3 is 2.50 bits per heavy atom. The molecule has 1 amide bonds. The number of fused-ring (bicyclic) bond motifs is 3. The molecule has 2 heterocycles. The molecule has 0 radical (unpaired) electrons. The lowest BCUT2D eigenvalue weighted by atomic mass is 10.2. The molecule has 0 unspecified atom stereocenters. The number of nitrogens with zero attached hydrogens (tertiary/aromatic N) is 4. The fourth-order valence-electron chi connectivity index (χ4n) is 3.84. The molecule has 0 aliphatic carbocycles. The largest absolute Gasteiger partial charge is 0.353 e. The number of amides is 1. The molecule has 0 atom stereocenters. The number of aromatic nitrogens is 3. The number of anilines is 1. The van der Waals surface area contributed by atoms with Gasteiger partial charge in [-0.05, 0) is 36.4 Å². The van der Waals surface area contributed by atoms with Crippen LogP contribution in [0.5, 0.6) is 0 Å².